The van der Waals surface area contributed by atoms with E-state index < -0.39 is 0 Å². The number of carbonyl (C=O) groups is 2. The highest BCUT2D eigenvalue weighted by atomic mass is 35.5. The van der Waals surface area contributed by atoms with Gasteiger partial charge in [0.05, 0.1) is 11.3 Å². The minimum Gasteiger partial charge on any atom is -0.366 e. The number of likely N-dealkylation sites (tertiary alicyclic amines) is 1. The van der Waals surface area contributed by atoms with Gasteiger partial charge in [0, 0.05) is 18.1 Å². The van der Waals surface area contributed by atoms with E-state index in [9.17, 15) is 9.59 Å². The molecule has 1 fully saturated rings. The Morgan fingerprint density at radius 2 is 1.59 bits per heavy atom. The summed E-state index contributed by atoms with van der Waals surface area (Å²) in [6.45, 7) is 7.83. The Bertz CT molecular complexity index is 989. The highest BCUT2D eigenvalue weighted by molar-refractivity contribution is 6.45. The molecule has 150 valence electrons. The molecule has 29 heavy (non-hydrogen) atoms. The van der Waals surface area contributed by atoms with Gasteiger partial charge in [-0.15, -0.1) is 0 Å². The van der Waals surface area contributed by atoms with E-state index in [1.54, 1.807) is 18.2 Å². The topological polar surface area (TPSA) is 40.6 Å². The van der Waals surface area contributed by atoms with Crippen LogP contribution in [-0.4, -0.2) is 29.8 Å². The molecule has 2 heterocycles. The Balaban J connectivity index is 1.84. The van der Waals surface area contributed by atoms with E-state index in [-0.39, 0.29) is 11.8 Å². The van der Waals surface area contributed by atoms with Gasteiger partial charge in [-0.3, -0.25) is 9.59 Å². The zero-order chi connectivity index (χ0) is 20.7. The third kappa shape index (κ3) is 3.58. The molecule has 1 saturated heterocycles. The van der Waals surface area contributed by atoms with E-state index in [0.29, 0.717) is 33.8 Å². The molecule has 2 atom stereocenters. The van der Waals surface area contributed by atoms with Crippen LogP contribution in [0.3, 0.4) is 0 Å². The van der Waals surface area contributed by atoms with Gasteiger partial charge >= 0.3 is 0 Å². The van der Waals surface area contributed by atoms with Crippen LogP contribution in [-0.2, 0) is 9.59 Å². The molecular weight excluding hydrogens is 384 g/mol. The van der Waals surface area contributed by atoms with Gasteiger partial charge < -0.3 is 4.90 Å². The molecule has 0 aliphatic carbocycles. The van der Waals surface area contributed by atoms with Gasteiger partial charge in [0.2, 0.25) is 0 Å². The summed E-state index contributed by atoms with van der Waals surface area (Å²) < 4.78 is 0. The van der Waals surface area contributed by atoms with Gasteiger partial charge in [-0.25, -0.2) is 4.90 Å². The van der Waals surface area contributed by atoms with E-state index in [4.69, 9.17) is 11.6 Å². The normalized spacial score (nSPS) is 22.6. The number of anilines is 1. The summed E-state index contributed by atoms with van der Waals surface area (Å²) in [5.74, 6) is 0.420. The number of carbonyl (C=O) groups excluding carboxylic acids is 2. The number of benzene rings is 2. The molecule has 2 unspecified atom stereocenters. The fourth-order valence-electron chi connectivity index (χ4n) is 4.61. The molecule has 4 nitrogen and oxygen atoms in total. The Morgan fingerprint density at radius 1 is 0.931 bits per heavy atom. The Morgan fingerprint density at radius 3 is 2.21 bits per heavy atom. The van der Waals surface area contributed by atoms with Gasteiger partial charge in [-0.1, -0.05) is 55.8 Å². The molecule has 2 aliphatic heterocycles. The van der Waals surface area contributed by atoms with E-state index in [1.807, 2.05) is 37.3 Å². The van der Waals surface area contributed by atoms with Crippen LogP contribution in [0.1, 0.15) is 31.4 Å². The number of halogens is 1. The van der Waals surface area contributed by atoms with Crippen LogP contribution in [0.5, 0.6) is 0 Å². The van der Waals surface area contributed by atoms with Crippen molar-refractivity contribution in [2.24, 2.45) is 11.8 Å². The van der Waals surface area contributed by atoms with Crippen LogP contribution in [0, 0.1) is 18.8 Å². The number of nitrogens with zero attached hydrogens (tertiary/aromatic N) is 2. The lowest BCUT2D eigenvalue weighted by molar-refractivity contribution is -0.120. The summed E-state index contributed by atoms with van der Waals surface area (Å²) in [6, 6.07) is 14.8. The first-order chi connectivity index (χ1) is 13.9. The van der Waals surface area contributed by atoms with E-state index >= 15 is 0 Å². The first-order valence-electron chi connectivity index (χ1n) is 10.1. The summed E-state index contributed by atoms with van der Waals surface area (Å²) in [5.41, 5.74) is 3.18. The number of piperidine rings is 1. The van der Waals surface area contributed by atoms with Gasteiger partial charge in [-0.2, -0.15) is 0 Å². The van der Waals surface area contributed by atoms with Crippen LogP contribution in [0.25, 0.3) is 5.57 Å². The maximum atomic E-state index is 13.6. The van der Waals surface area contributed by atoms with Gasteiger partial charge in [0.1, 0.15) is 5.70 Å². The first-order valence-corrected chi connectivity index (χ1v) is 10.4. The molecule has 5 heteroatoms. The predicted molar refractivity (Wildman–Crippen MR) is 117 cm³/mol. The van der Waals surface area contributed by atoms with Crippen molar-refractivity contribution in [1.82, 2.24) is 4.90 Å². The molecule has 2 aromatic rings. The quantitative estimate of drug-likeness (QED) is 0.677. The second-order valence-corrected chi connectivity index (χ2v) is 8.75. The number of aryl methyl sites for hydroxylation is 1. The van der Waals surface area contributed by atoms with Crippen molar-refractivity contribution in [3.63, 3.8) is 0 Å². The van der Waals surface area contributed by atoms with E-state index in [2.05, 4.69) is 18.7 Å². The summed E-state index contributed by atoms with van der Waals surface area (Å²) in [4.78, 5) is 30.6. The molecule has 2 aliphatic rings. The maximum Gasteiger partial charge on any atom is 0.282 e. The van der Waals surface area contributed by atoms with Crippen LogP contribution in [0.15, 0.2) is 54.2 Å². The van der Waals surface area contributed by atoms with Gasteiger partial charge in [0.15, 0.2) is 0 Å². The molecule has 4 rings (SSSR count). The second-order valence-electron chi connectivity index (χ2n) is 8.32. The van der Waals surface area contributed by atoms with E-state index in [0.717, 1.165) is 30.6 Å². The fraction of sp³-hybridized carbons (Fsp3) is 0.333. The number of imide groups is 1. The van der Waals surface area contributed by atoms with Gasteiger partial charge in [-0.05, 0) is 54.5 Å². The zero-order valence-corrected chi connectivity index (χ0v) is 17.7. The standard InChI is InChI=1S/C24H25ClN2O2/c1-15-11-16(2)14-26(13-15)22-21(18-7-5-4-6-8-18)23(28)27(24(22)29)20-10-9-19(25)12-17(20)3/h4-10,12,15-16H,11,13-14H2,1-3H3. The first kappa shape index (κ1) is 19.7. The average molecular weight is 409 g/mol. The molecule has 0 aromatic heterocycles. The molecule has 0 N–H and O–H groups in total. The van der Waals surface area contributed by atoms with Crippen molar-refractivity contribution >= 4 is 34.7 Å². The second kappa shape index (κ2) is 7.68. The van der Waals surface area contributed by atoms with Crippen LogP contribution < -0.4 is 4.90 Å². The summed E-state index contributed by atoms with van der Waals surface area (Å²) >= 11 is 6.10. The minimum absolute atomic E-state index is 0.249. The van der Waals surface area contributed by atoms with Crippen LogP contribution in [0.2, 0.25) is 5.02 Å². The zero-order valence-electron chi connectivity index (χ0n) is 17.0. The SMILES string of the molecule is Cc1cc(Cl)ccc1N1C(=O)C(c2ccccc2)=C(N2CC(C)CC(C)C2)C1=O. The number of hydrogen-bond donors (Lipinski definition) is 0. The van der Waals surface area contributed by atoms with Crippen molar-refractivity contribution < 1.29 is 9.59 Å². The van der Waals surface area contributed by atoms with Crippen LogP contribution >= 0.6 is 11.6 Å². The lowest BCUT2D eigenvalue weighted by Crippen LogP contribution is -2.42. The Kier molecular flexibility index (Phi) is 5.22. The van der Waals surface area contributed by atoms with Crippen molar-refractivity contribution in [2.75, 3.05) is 18.0 Å². The van der Waals surface area contributed by atoms with Crippen molar-refractivity contribution in [3.8, 4) is 0 Å². The molecule has 0 spiro atoms. The molecule has 0 bridgehead atoms. The number of hydrogen-bond acceptors (Lipinski definition) is 3. The monoisotopic (exact) mass is 408 g/mol. The average Bonchev–Trinajstić information content (AvgIpc) is 2.92. The fourth-order valence-corrected chi connectivity index (χ4v) is 4.84. The molecule has 0 saturated carbocycles. The number of amides is 2. The summed E-state index contributed by atoms with van der Waals surface area (Å²) in [7, 11) is 0. The van der Waals surface area contributed by atoms with Gasteiger partial charge in [0.25, 0.3) is 11.8 Å². The Labute approximate surface area is 176 Å². The van der Waals surface area contributed by atoms with Crippen molar-refractivity contribution in [1.29, 1.82) is 0 Å². The van der Waals surface area contributed by atoms with E-state index in [1.165, 1.54) is 4.90 Å². The van der Waals surface area contributed by atoms with Crippen molar-refractivity contribution in [3.05, 3.63) is 70.4 Å². The molecule has 2 aromatic carbocycles. The lowest BCUT2D eigenvalue weighted by Gasteiger charge is -2.37. The molecule has 0 radical (unpaired) electrons. The Hall–Kier alpha value is -2.59. The predicted octanol–water partition coefficient (Wildman–Crippen LogP) is 4.91. The highest BCUT2D eigenvalue weighted by Gasteiger charge is 2.44. The molecular formula is C24H25ClN2O2. The third-order valence-electron chi connectivity index (χ3n) is 5.71. The lowest BCUT2D eigenvalue weighted by atomic mass is 9.91. The highest BCUT2D eigenvalue weighted by Crippen LogP contribution is 2.38. The smallest absolute Gasteiger partial charge is 0.282 e. The number of rotatable bonds is 3. The molecule has 2 amide bonds. The summed E-state index contributed by atoms with van der Waals surface area (Å²) in [5, 5.41) is 0.584. The largest absolute Gasteiger partial charge is 0.366 e. The third-order valence-corrected chi connectivity index (χ3v) is 5.94. The van der Waals surface area contributed by atoms with Crippen molar-refractivity contribution in [2.45, 2.75) is 27.2 Å². The van der Waals surface area contributed by atoms with Crippen LogP contribution in [0.4, 0.5) is 5.69 Å². The summed E-state index contributed by atoms with van der Waals surface area (Å²) in [6.07, 6.45) is 1.13. The maximum absolute atomic E-state index is 13.6. The minimum atomic E-state index is -0.271.